The molecule has 2 rings (SSSR count). The van der Waals surface area contributed by atoms with E-state index in [2.05, 4.69) is 22.6 Å². The summed E-state index contributed by atoms with van der Waals surface area (Å²) in [5.41, 5.74) is 1.08. The van der Waals surface area contributed by atoms with Gasteiger partial charge in [0.25, 0.3) is 11.8 Å². The van der Waals surface area contributed by atoms with Crippen molar-refractivity contribution in [1.29, 1.82) is 0 Å². The average molecular weight is 480 g/mol. The van der Waals surface area contributed by atoms with E-state index >= 15 is 0 Å². The quantitative estimate of drug-likeness (QED) is 0.479. The molecule has 1 unspecified atom stereocenters. The van der Waals surface area contributed by atoms with Gasteiger partial charge in [-0.25, -0.2) is 4.79 Å². The Morgan fingerprint density at radius 1 is 1.12 bits per heavy atom. The molecule has 0 radical (unpaired) electrons. The molecule has 0 saturated carbocycles. The van der Waals surface area contributed by atoms with Crippen LogP contribution in [0.15, 0.2) is 42.5 Å². The van der Waals surface area contributed by atoms with Gasteiger partial charge in [-0.1, -0.05) is 54.3 Å². The number of halogens is 1. The molecule has 2 aromatic rings. The van der Waals surface area contributed by atoms with Crippen LogP contribution < -0.4 is 10.6 Å². The Morgan fingerprint density at radius 2 is 1.79 bits per heavy atom. The van der Waals surface area contributed by atoms with E-state index in [4.69, 9.17) is 29.2 Å². The summed E-state index contributed by atoms with van der Waals surface area (Å²) >= 11 is 6.27. The summed E-state index contributed by atoms with van der Waals surface area (Å²) in [5, 5.41) is 5.43. The van der Waals surface area contributed by atoms with E-state index in [1.165, 1.54) is 0 Å². The third-order valence-electron chi connectivity index (χ3n) is 4.58. The summed E-state index contributed by atoms with van der Waals surface area (Å²) in [5.74, 6) is 1.17. The zero-order chi connectivity index (χ0) is 25.5. The SMILES string of the molecule is C#Cc1ccccc1C(C(=O)Nc1c(C)cccc1Cl)N(C#C)C(=O)CNC(=O)OC(C)(C)C. The highest BCUT2D eigenvalue weighted by molar-refractivity contribution is 6.34. The van der Waals surface area contributed by atoms with Crippen LogP contribution in [-0.2, 0) is 14.3 Å². The Balaban J connectivity index is 2.41. The first-order chi connectivity index (χ1) is 16.0. The first-order valence-electron chi connectivity index (χ1n) is 10.3. The number of alkyl carbamates (subject to hydrolysis) is 1. The molecular formula is C26H26ClN3O4. The van der Waals surface area contributed by atoms with Crippen LogP contribution in [0.3, 0.4) is 0 Å². The van der Waals surface area contributed by atoms with Crippen molar-refractivity contribution in [3.05, 3.63) is 64.2 Å². The fourth-order valence-corrected chi connectivity index (χ4v) is 3.35. The molecule has 7 nitrogen and oxygen atoms in total. The second-order valence-corrected chi connectivity index (χ2v) is 8.71. The van der Waals surface area contributed by atoms with E-state index in [1.54, 1.807) is 70.2 Å². The van der Waals surface area contributed by atoms with Crippen LogP contribution in [0.4, 0.5) is 10.5 Å². The molecule has 0 aliphatic carbocycles. The molecule has 2 N–H and O–H groups in total. The Hall–Kier alpha value is -3.94. The molecule has 2 aromatic carbocycles. The number of nitrogens with zero attached hydrogens (tertiary/aromatic N) is 1. The first kappa shape index (κ1) is 26.3. The molecular weight excluding hydrogens is 454 g/mol. The number of para-hydroxylation sites is 1. The van der Waals surface area contributed by atoms with Crippen molar-refractivity contribution in [2.24, 2.45) is 0 Å². The molecule has 0 spiro atoms. The topological polar surface area (TPSA) is 87.7 Å². The normalized spacial score (nSPS) is 11.4. The van der Waals surface area contributed by atoms with E-state index in [0.717, 1.165) is 10.5 Å². The fraction of sp³-hybridized carbons (Fsp3) is 0.269. The number of hydrogen-bond acceptors (Lipinski definition) is 4. The van der Waals surface area contributed by atoms with Crippen molar-refractivity contribution in [1.82, 2.24) is 10.2 Å². The van der Waals surface area contributed by atoms with Gasteiger partial charge in [0.05, 0.1) is 10.7 Å². The minimum absolute atomic E-state index is 0.322. The van der Waals surface area contributed by atoms with E-state index in [9.17, 15) is 14.4 Å². The molecule has 0 fully saturated rings. The van der Waals surface area contributed by atoms with Gasteiger partial charge in [-0.15, -0.1) is 6.42 Å². The molecule has 0 saturated heterocycles. The molecule has 3 amide bonds. The summed E-state index contributed by atoms with van der Waals surface area (Å²) in [7, 11) is 0. The van der Waals surface area contributed by atoms with Crippen molar-refractivity contribution in [3.8, 4) is 24.8 Å². The van der Waals surface area contributed by atoms with E-state index in [0.29, 0.717) is 21.8 Å². The molecule has 1 atom stereocenters. The molecule has 34 heavy (non-hydrogen) atoms. The summed E-state index contributed by atoms with van der Waals surface area (Å²) in [6, 6.07) is 12.7. The molecule has 8 heteroatoms. The molecule has 176 valence electrons. The van der Waals surface area contributed by atoms with Crippen molar-refractivity contribution in [2.75, 3.05) is 11.9 Å². The molecule has 0 bridgehead atoms. The number of hydrogen-bond donors (Lipinski definition) is 2. The lowest BCUT2D eigenvalue weighted by Gasteiger charge is -2.28. The number of nitrogens with one attached hydrogen (secondary N) is 2. The molecule has 0 aliphatic heterocycles. The predicted molar refractivity (Wildman–Crippen MR) is 132 cm³/mol. The Kier molecular flexibility index (Phi) is 8.72. The lowest BCUT2D eigenvalue weighted by atomic mass is 9.98. The number of benzene rings is 2. The Labute approximate surface area is 204 Å². The third kappa shape index (κ3) is 6.78. The second-order valence-electron chi connectivity index (χ2n) is 8.30. The highest BCUT2D eigenvalue weighted by atomic mass is 35.5. The number of ether oxygens (including phenoxy) is 1. The van der Waals surface area contributed by atoms with Gasteiger partial charge in [-0.3, -0.25) is 14.5 Å². The smallest absolute Gasteiger partial charge is 0.408 e. The van der Waals surface area contributed by atoms with Crippen molar-refractivity contribution in [2.45, 2.75) is 39.3 Å². The number of anilines is 1. The number of amides is 3. The van der Waals surface area contributed by atoms with Crippen LogP contribution in [0, 0.1) is 31.7 Å². The van der Waals surface area contributed by atoms with Gasteiger partial charge in [0.15, 0.2) is 6.04 Å². The van der Waals surface area contributed by atoms with Gasteiger partial charge < -0.3 is 15.4 Å². The highest BCUT2D eigenvalue weighted by Gasteiger charge is 2.33. The fourth-order valence-electron chi connectivity index (χ4n) is 3.08. The minimum Gasteiger partial charge on any atom is -0.444 e. The minimum atomic E-state index is -1.29. The van der Waals surface area contributed by atoms with E-state index in [1.807, 2.05) is 0 Å². The zero-order valence-corrected chi connectivity index (χ0v) is 20.2. The average Bonchev–Trinajstić information content (AvgIpc) is 2.77. The van der Waals surface area contributed by atoms with E-state index < -0.39 is 36.1 Å². The standard InChI is InChI=1S/C26H26ClN3O4/c1-7-18-13-9-10-14-19(18)23(24(32)29-22-17(3)12-11-15-20(22)27)30(8-2)21(31)16-28-25(33)34-26(4,5)6/h1-2,9-15,23H,16H2,3-6H3,(H,28,33)(H,29,32). The summed E-state index contributed by atoms with van der Waals surface area (Å²) in [6.45, 7) is 6.36. The number of rotatable bonds is 6. The highest BCUT2D eigenvalue weighted by Crippen LogP contribution is 2.30. The zero-order valence-electron chi connectivity index (χ0n) is 19.4. The van der Waals surface area contributed by atoms with Crippen molar-refractivity contribution in [3.63, 3.8) is 0 Å². The maximum atomic E-state index is 13.5. The molecule has 0 aromatic heterocycles. The maximum Gasteiger partial charge on any atom is 0.408 e. The Bertz CT molecular complexity index is 1150. The second kappa shape index (κ2) is 11.3. The Morgan fingerprint density at radius 3 is 2.38 bits per heavy atom. The summed E-state index contributed by atoms with van der Waals surface area (Å²) in [6.07, 6.45) is 10.5. The monoisotopic (exact) mass is 479 g/mol. The summed E-state index contributed by atoms with van der Waals surface area (Å²) in [4.78, 5) is 39.4. The first-order valence-corrected chi connectivity index (χ1v) is 10.7. The van der Waals surface area contributed by atoms with Crippen LogP contribution in [0.25, 0.3) is 0 Å². The van der Waals surface area contributed by atoms with E-state index in [-0.39, 0.29) is 0 Å². The predicted octanol–water partition coefficient (Wildman–Crippen LogP) is 4.25. The van der Waals surface area contributed by atoms with Crippen LogP contribution in [-0.4, -0.2) is 35.0 Å². The van der Waals surface area contributed by atoms with Crippen molar-refractivity contribution >= 4 is 35.2 Å². The maximum absolute atomic E-state index is 13.5. The largest absolute Gasteiger partial charge is 0.444 e. The van der Waals surface area contributed by atoms with Crippen LogP contribution >= 0.6 is 11.6 Å². The van der Waals surface area contributed by atoms with Crippen LogP contribution in [0.5, 0.6) is 0 Å². The van der Waals surface area contributed by atoms with Crippen LogP contribution in [0.2, 0.25) is 5.02 Å². The van der Waals surface area contributed by atoms with Gasteiger partial charge in [0.1, 0.15) is 12.1 Å². The van der Waals surface area contributed by atoms with Crippen molar-refractivity contribution < 1.29 is 19.1 Å². The third-order valence-corrected chi connectivity index (χ3v) is 4.89. The lowest BCUT2D eigenvalue weighted by Crippen LogP contribution is -2.44. The van der Waals surface area contributed by atoms with Gasteiger partial charge in [0, 0.05) is 17.2 Å². The van der Waals surface area contributed by atoms with Gasteiger partial charge in [-0.05, 0) is 45.4 Å². The van der Waals surface area contributed by atoms with Gasteiger partial charge in [0.2, 0.25) is 0 Å². The number of aryl methyl sites for hydroxylation is 1. The summed E-state index contributed by atoms with van der Waals surface area (Å²) < 4.78 is 5.14. The number of terminal acetylenes is 2. The van der Waals surface area contributed by atoms with Gasteiger partial charge in [-0.2, -0.15) is 0 Å². The molecule has 0 aliphatic rings. The molecule has 0 heterocycles. The van der Waals surface area contributed by atoms with Crippen LogP contribution in [0.1, 0.15) is 43.5 Å². The lowest BCUT2D eigenvalue weighted by molar-refractivity contribution is -0.134. The van der Waals surface area contributed by atoms with Gasteiger partial charge >= 0.3 is 6.09 Å². The number of carbonyl (C=O) groups excluding carboxylic acids is 3. The number of carbonyl (C=O) groups is 3.